The molecule has 0 spiro atoms. The van der Waals surface area contributed by atoms with Gasteiger partial charge in [0.2, 0.25) is 11.8 Å². The van der Waals surface area contributed by atoms with Crippen molar-refractivity contribution in [3.8, 4) is 11.4 Å². The van der Waals surface area contributed by atoms with E-state index in [4.69, 9.17) is 4.74 Å². The first-order valence-electron chi connectivity index (χ1n) is 6.64. The monoisotopic (exact) mass is 293 g/mol. The zero-order valence-corrected chi connectivity index (χ0v) is 11.1. The topological polar surface area (TPSA) is 67.9 Å². The minimum absolute atomic E-state index is 0.120. The summed E-state index contributed by atoms with van der Waals surface area (Å²) in [5.41, 5.74) is -0.374. The summed E-state index contributed by atoms with van der Waals surface area (Å²) in [6.45, 7) is 1.02. The zero-order chi connectivity index (χ0) is 14.8. The third kappa shape index (κ3) is 2.82. The van der Waals surface area contributed by atoms with Crippen LogP contribution in [0.25, 0.3) is 11.4 Å². The molecule has 21 heavy (non-hydrogen) atoms. The predicted molar refractivity (Wildman–Crippen MR) is 70.8 cm³/mol. The van der Waals surface area contributed by atoms with E-state index >= 15 is 0 Å². The van der Waals surface area contributed by atoms with Crippen molar-refractivity contribution < 1.29 is 13.5 Å². The molecular weight excluding hydrogens is 280 g/mol. The van der Waals surface area contributed by atoms with E-state index in [0.717, 1.165) is 6.07 Å². The number of aromatic nitrogens is 3. The molecule has 2 aromatic rings. The first kappa shape index (κ1) is 13.8. The highest BCUT2D eigenvalue weighted by molar-refractivity contribution is 5.53. The Morgan fingerprint density at radius 2 is 2.05 bits per heavy atom. The molecule has 0 atom stereocenters. The van der Waals surface area contributed by atoms with E-state index in [-0.39, 0.29) is 17.4 Å². The van der Waals surface area contributed by atoms with Gasteiger partial charge in [0.1, 0.15) is 5.82 Å². The highest BCUT2D eigenvalue weighted by Crippen LogP contribution is 2.27. The normalized spacial score (nSPS) is 16.1. The maximum Gasteiger partial charge on any atom is 0.287 e. The van der Waals surface area contributed by atoms with Crippen LogP contribution in [0.1, 0.15) is 24.5 Å². The van der Waals surface area contributed by atoms with Crippen molar-refractivity contribution in [2.75, 3.05) is 13.2 Å². The summed E-state index contributed by atoms with van der Waals surface area (Å²) < 4.78 is 32.4. The van der Waals surface area contributed by atoms with Crippen LogP contribution in [0.15, 0.2) is 23.1 Å². The number of ether oxygens (including phenoxy) is 1. The third-order valence-corrected chi connectivity index (χ3v) is 3.50. The molecule has 0 aromatic carbocycles. The summed E-state index contributed by atoms with van der Waals surface area (Å²) in [7, 11) is 0. The SMILES string of the molecule is O=c1[nH]c(-c2ccnc(F)c2)nc(C2CCOCC2)c1F. The van der Waals surface area contributed by atoms with Crippen molar-refractivity contribution in [1.82, 2.24) is 15.0 Å². The van der Waals surface area contributed by atoms with Crippen molar-refractivity contribution in [3.63, 3.8) is 0 Å². The van der Waals surface area contributed by atoms with Gasteiger partial charge in [0.05, 0.1) is 5.69 Å². The van der Waals surface area contributed by atoms with Crippen molar-refractivity contribution in [2.24, 2.45) is 0 Å². The fourth-order valence-corrected chi connectivity index (χ4v) is 2.40. The highest BCUT2D eigenvalue weighted by Gasteiger charge is 2.23. The largest absolute Gasteiger partial charge is 0.381 e. The highest BCUT2D eigenvalue weighted by atomic mass is 19.1. The molecule has 0 radical (unpaired) electrons. The number of rotatable bonds is 2. The lowest BCUT2D eigenvalue weighted by Gasteiger charge is -2.22. The Morgan fingerprint density at radius 1 is 1.29 bits per heavy atom. The average molecular weight is 293 g/mol. The molecule has 3 rings (SSSR count). The molecule has 1 aliphatic rings. The maximum absolute atomic E-state index is 14.0. The van der Waals surface area contributed by atoms with Gasteiger partial charge in [-0.15, -0.1) is 0 Å². The lowest BCUT2D eigenvalue weighted by molar-refractivity contribution is 0.0836. The Labute approximate surface area is 119 Å². The molecule has 1 aliphatic heterocycles. The first-order valence-corrected chi connectivity index (χ1v) is 6.64. The molecule has 1 N–H and O–H groups in total. The van der Waals surface area contributed by atoms with Gasteiger partial charge in [-0.3, -0.25) is 4.79 Å². The van der Waals surface area contributed by atoms with Gasteiger partial charge in [0.15, 0.2) is 0 Å². The lowest BCUT2D eigenvalue weighted by atomic mass is 9.96. The fraction of sp³-hybridized carbons (Fsp3) is 0.357. The molecule has 0 saturated carbocycles. The first-order chi connectivity index (χ1) is 10.1. The van der Waals surface area contributed by atoms with E-state index in [1.165, 1.54) is 12.3 Å². The molecule has 1 fully saturated rings. The number of pyridine rings is 1. The minimum Gasteiger partial charge on any atom is -0.381 e. The van der Waals surface area contributed by atoms with E-state index < -0.39 is 17.3 Å². The number of halogens is 2. The van der Waals surface area contributed by atoms with Crippen LogP contribution in [-0.2, 0) is 4.74 Å². The Morgan fingerprint density at radius 3 is 2.76 bits per heavy atom. The Bertz CT molecular complexity index is 712. The quantitative estimate of drug-likeness (QED) is 0.860. The zero-order valence-electron chi connectivity index (χ0n) is 11.1. The molecule has 0 amide bonds. The summed E-state index contributed by atoms with van der Waals surface area (Å²) >= 11 is 0. The minimum atomic E-state index is -0.875. The van der Waals surface area contributed by atoms with E-state index in [9.17, 15) is 13.6 Å². The number of hydrogen-bond acceptors (Lipinski definition) is 4. The Hall–Kier alpha value is -2.15. The summed E-state index contributed by atoms with van der Waals surface area (Å²) in [5.74, 6) is -1.58. The fourth-order valence-electron chi connectivity index (χ4n) is 2.40. The molecule has 7 heteroatoms. The van der Waals surface area contributed by atoms with E-state index in [1.54, 1.807) is 0 Å². The van der Waals surface area contributed by atoms with E-state index in [1.807, 2.05) is 0 Å². The van der Waals surface area contributed by atoms with Crippen LogP contribution in [-0.4, -0.2) is 28.2 Å². The van der Waals surface area contributed by atoms with Gasteiger partial charge in [-0.2, -0.15) is 8.78 Å². The molecule has 1 saturated heterocycles. The molecule has 0 aliphatic carbocycles. The Balaban J connectivity index is 2.07. The van der Waals surface area contributed by atoms with Gasteiger partial charge in [-0.1, -0.05) is 0 Å². The van der Waals surface area contributed by atoms with Gasteiger partial charge in [-0.05, 0) is 18.9 Å². The summed E-state index contributed by atoms with van der Waals surface area (Å²) in [6, 6.07) is 2.65. The number of nitrogens with zero attached hydrogens (tertiary/aromatic N) is 2. The second kappa shape index (κ2) is 5.69. The van der Waals surface area contributed by atoms with Crippen LogP contribution >= 0.6 is 0 Å². The maximum atomic E-state index is 14.0. The number of aromatic amines is 1. The number of nitrogens with one attached hydrogen (secondary N) is 1. The second-order valence-corrected chi connectivity index (χ2v) is 4.87. The Kier molecular flexibility index (Phi) is 3.74. The molecule has 110 valence electrons. The standard InChI is InChI=1S/C14H13F2N3O2/c15-10-7-9(1-4-17-10)13-18-12(11(16)14(20)19-13)8-2-5-21-6-3-8/h1,4,7-8H,2-3,5-6H2,(H,18,19,20). The van der Waals surface area contributed by atoms with Crippen LogP contribution in [0.5, 0.6) is 0 Å². The van der Waals surface area contributed by atoms with Crippen LogP contribution in [0.3, 0.4) is 0 Å². The van der Waals surface area contributed by atoms with Crippen molar-refractivity contribution in [1.29, 1.82) is 0 Å². The van der Waals surface area contributed by atoms with Gasteiger partial charge < -0.3 is 9.72 Å². The van der Waals surface area contributed by atoms with Crippen LogP contribution in [0.2, 0.25) is 0 Å². The molecular formula is C14H13F2N3O2. The predicted octanol–water partition coefficient (Wildman–Crippen LogP) is 2.00. The summed E-state index contributed by atoms with van der Waals surface area (Å²) in [4.78, 5) is 21.7. The molecule has 3 heterocycles. The smallest absolute Gasteiger partial charge is 0.287 e. The van der Waals surface area contributed by atoms with Gasteiger partial charge in [0.25, 0.3) is 5.56 Å². The van der Waals surface area contributed by atoms with E-state index in [2.05, 4.69) is 15.0 Å². The second-order valence-electron chi connectivity index (χ2n) is 4.87. The van der Waals surface area contributed by atoms with Crippen molar-refractivity contribution in [2.45, 2.75) is 18.8 Å². The third-order valence-electron chi connectivity index (χ3n) is 3.50. The number of hydrogen-bond donors (Lipinski definition) is 1. The molecule has 5 nitrogen and oxygen atoms in total. The lowest BCUT2D eigenvalue weighted by Crippen LogP contribution is -2.23. The van der Waals surface area contributed by atoms with Gasteiger partial charge in [-0.25, -0.2) is 9.97 Å². The van der Waals surface area contributed by atoms with Crippen molar-refractivity contribution in [3.05, 3.63) is 46.1 Å². The van der Waals surface area contributed by atoms with Crippen LogP contribution in [0, 0.1) is 11.8 Å². The molecule has 0 unspecified atom stereocenters. The van der Waals surface area contributed by atoms with E-state index in [0.29, 0.717) is 31.6 Å². The summed E-state index contributed by atoms with van der Waals surface area (Å²) in [6.07, 6.45) is 2.48. The summed E-state index contributed by atoms with van der Waals surface area (Å²) in [5, 5.41) is 0. The average Bonchev–Trinajstić information content (AvgIpc) is 2.51. The number of H-pyrrole nitrogens is 1. The molecule has 2 aromatic heterocycles. The van der Waals surface area contributed by atoms with Gasteiger partial charge in [0, 0.05) is 37.0 Å². The molecule has 0 bridgehead atoms. The van der Waals surface area contributed by atoms with Crippen LogP contribution in [0.4, 0.5) is 8.78 Å². The van der Waals surface area contributed by atoms with Crippen molar-refractivity contribution >= 4 is 0 Å². The van der Waals surface area contributed by atoms with Gasteiger partial charge >= 0.3 is 0 Å². The van der Waals surface area contributed by atoms with Crippen LogP contribution < -0.4 is 5.56 Å².